The maximum absolute atomic E-state index is 11.6. The molecule has 4 heteroatoms. The fourth-order valence-electron chi connectivity index (χ4n) is 1.98. The van der Waals surface area contributed by atoms with Crippen molar-refractivity contribution in [3.05, 3.63) is 0 Å². The lowest BCUT2D eigenvalue weighted by molar-refractivity contribution is 0.247. The number of hydrogen-bond donors (Lipinski definition) is 0. The summed E-state index contributed by atoms with van der Waals surface area (Å²) in [5.74, 6) is 0.207. The number of hydrogen-bond acceptors (Lipinski definition) is 2. The zero-order valence-electron chi connectivity index (χ0n) is 8.71. The quantitative estimate of drug-likeness (QED) is 0.702. The topological polar surface area (TPSA) is 37.4 Å². The molecule has 1 fully saturated rings. The van der Waals surface area contributed by atoms with Crippen LogP contribution in [0.1, 0.15) is 39.5 Å². The van der Waals surface area contributed by atoms with Crippen molar-refractivity contribution >= 4 is 10.0 Å². The Morgan fingerprint density at radius 1 is 1.31 bits per heavy atom. The van der Waals surface area contributed by atoms with Crippen LogP contribution in [0.2, 0.25) is 0 Å². The first kappa shape index (κ1) is 11.0. The fraction of sp³-hybridized carbons (Fsp3) is 1.00. The first-order chi connectivity index (χ1) is 5.92. The molecule has 0 bridgehead atoms. The van der Waals surface area contributed by atoms with Gasteiger partial charge in [0.25, 0.3) is 0 Å². The van der Waals surface area contributed by atoms with E-state index in [9.17, 15) is 8.42 Å². The van der Waals surface area contributed by atoms with Gasteiger partial charge in [-0.15, -0.1) is 0 Å². The lowest BCUT2D eigenvalue weighted by atomic mass is 10.0. The Balaban J connectivity index is 2.83. The molecule has 0 saturated heterocycles. The van der Waals surface area contributed by atoms with Crippen molar-refractivity contribution in [1.29, 1.82) is 0 Å². The number of sulfonamides is 1. The molecule has 0 amide bonds. The molecule has 0 aromatic rings. The van der Waals surface area contributed by atoms with Gasteiger partial charge in [-0.2, -0.15) is 4.31 Å². The van der Waals surface area contributed by atoms with Gasteiger partial charge in [-0.3, -0.25) is 0 Å². The van der Waals surface area contributed by atoms with Crippen LogP contribution in [0.5, 0.6) is 0 Å². The van der Waals surface area contributed by atoms with Crippen molar-refractivity contribution in [2.45, 2.75) is 45.1 Å². The molecule has 1 aliphatic rings. The highest BCUT2D eigenvalue weighted by Crippen LogP contribution is 2.35. The Labute approximate surface area is 81.2 Å². The smallest absolute Gasteiger partial charge is 0.212 e. The first-order valence-electron chi connectivity index (χ1n) is 4.89. The monoisotopic (exact) mass is 205 g/mol. The third kappa shape index (κ3) is 2.05. The van der Waals surface area contributed by atoms with E-state index in [-0.39, 0.29) is 11.3 Å². The lowest BCUT2D eigenvalue weighted by Gasteiger charge is -2.34. The summed E-state index contributed by atoms with van der Waals surface area (Å²) >= 11 is 0. The van der Waals surface area contributed by atoms with Gasteiger partial charge in [-0.25, -0.2) is 8.42 Å². The van der Waals surface area contributed by atoms with Gasteiger partial charge >= 0.3 is 0 Å². The summed E-state index contributed by atoms with van der Waals surface area (Å²) in [5, 5.41) is 0. The van der Waals surface area contributed by atoms with Gasteiger partial charge < -0.3 is 0 Å². The minimum Gasteiger partial charge on any atom is -0.212 e. The molecular weight excluding hydrogens is 186 g/mol. The summed E-state index contributed by atoms with van der Waals surface area (Å²) in [6, 6.07) is 0. The molecule has 1 rings (SSSR count). The lowest BCUT2D eigenvalue weighted by Crippen LogP contribution is -2.45. The van der Waals surface area contributed by atoms with E-state index in [1.165, 1.54) is 0 Å². The normalized spacial score (nSPS) is 22.5. The molecule has 0 unspecified atom stereocenters. The van der Waals surface area contributed by atoms with Gasteiger partial charge in [-0.05, 0) is 26.7 Å². The Kier molecular flexibility index (Phi) is 3.02. The molecule has 0 heterocycles. The maximum atomic E-state index is 11.6. The zero-order chi connectivity index (χ0) is 10.1. The van der Waals surface area contributed by atoms with Crippen LogP contribution in [0.25, 0.3) is 0 Å². The Hall–Kier alpha value is -0.0900. The van der Waals surface area contributed by atoms with Crippen molar-refractivity contribution < 1.29 is 8.42 Å². The predicted octanol–water partition coefficient (Wildman–Crippen LogP) is 1.60. The van der Waals surface area contributed by atoms with Gasteiger partial charge in [0.2, 0.25) is 10.0 Å². The van der Waals surface area contributed by atoms with E-state index in [2.05, 4.69) is 0 Å². The van der Waals surface area contributed by atoms with Crippen LogP contribution in [0, 0.1) is 0 Å². The van der Waals surface area contributed by atoms with Crippen molar-refractivity contribution in [3.8, 4) is 0 Å². The van der Waals surface area contributed by atoms with Crippen LogP contribution in [-0.4, -0.2) is 31.1 Å². The molecule has 1 saturated carbocycles. The van der Waals surface area contributed by atoms with Crippen LogP contribution < -0.4 is 0 Å². The second kappa shape index (κ2) is 3.58. The van der Waals surface area contributed by atoms with Crippen LogP contribution >= 0.6 is 0 Å². The third-order valence-corrected chi connectivity index (χ3v) is 5.23. The Bertz CT molecular complexity index is 265. The van der Waals surface area contributed by atoms with Gasteiger partial charge in [0.15, 0.2) is 0 Å². The van der Waals surface area contributed by atoms with Crippen molar-refractivity contribution in [2.24, 2.45) is 0 Å². The molecule has 0 aromatic heterocycles. The Morgan fingerprint density at radius 3 is 2.15 bits per heavy atom. The molecule has 0 radical (unpaired) electrons. The van der Waals surface area contributed by atoms with Gasteiger partial charge in [-0.1, -0.05) is 12.8 Å². The molecule has 3 nitrogen and oxygen atoms in total. The highest BCUT2D eigenvalue weighted by molar-refractivity contribution is 7.89. The van der Waals surface area contributed by atoms with Crippen molar-refractivity contribution in [1.82, 2.24) is 4.31 Å². The molecule has 0 atom stereocenters. The van der Waals surface area contributed by atoms with Crippen LogP contribution in [0.4, 0.5) is 0 Å². The van der Waals surface area contributed by atoms with Gasteiger partial charge in [0.05, 0.1) is 5.75 Å². The van der Waals surface area contributed by atoms with E-state index >= 15 is 0 Å². The average molecular weight is 205 g/mol. The van der Waals surface area contributed by atoms with Crippen LogP contribution in [-0.2, 0) is 10.0 Å². The Morgan fingerprint density at radius 2 is 1.77 bits per heavy atom. The third-order valence-electron chi connectivity index (χ3n) is 3.22. The zero-order valence-corrected chi connectivity index (χ0v) is 9.52. The van der Waals surface area contributed by atoms with Crippen LogP contribution in [0.3, 0.4) is 0 Å². The highest BCUT2D eigenvalue weighted by atomic mass is 32.2. The first-order valence-corrected chi connectivity index (χ1v) is 6.50. The summed E-state index contributed by atoms with van der Waals surface area (Å²) in [5.41, 5.74) is -0.116. The molecule has 13 heavy (non-hydrogen) atoms. The van der Waals surface area contributed by atoms with E-state index < -0.39 is 10.0 Å². The van der Waals surface area contributed by atoms with E-state index in [0.717, 1.165) is 25.7 Å². The molecule has 1 aliphatic carbocycles. The molecule has 0 N–H and O–H groups in total. The summed E-state index contributed by atoms with van der Waals surface area (Å²) in [7, 11) is -1.29. The molecule has 78 valence electrons. The highest BCUT2D eigenvalue weighted by Gasteiger charge is 2.38. The summed E-state index contributed by atoms with van der Waals surface area (Å²) in [6.07, 6.45) is 4.31. The summed E-state index contributed by atoms with van der Waals surface area (Å²) in [4.78, 5) is 0. The molecule has 0 aromatic carbocycles. The standard InChI is InChI=1S/C9H19NO2S/c1-4-13(11,12)10(3)9(2)7-5-6-8-9/h4-8H2,1-3H3. The van der Waals surface area contributed by atoms with Gasteiger partial charge in [0, 0.05) is 12.6 Å². The minimum atomic E-state index is -3.01. The molecule has 0 aliphatic heterocycles. The summed E-state index contributed by atoms with van der Waals surface area (Å²) in [6.45, 7) is 3.75. The minimum absolute atomic E-state index is 0.116. The second-order valence-electron chi connectivity index (χ2n) is 4.07. The van der Waals surface area contributed by atoms with E-state index in [4.69, 9.17) is 0 Å². The van der Waals surface area contributed by atoms with E-state index in [0.29, 0.717) is 0 Å². The summed E-state index contributed by atoms with van der Waals surface area (Å²) < 4.78 is 24.8. The van der Waals surface area contributed by atoms with Gasteiger partial charge in [0.1, 0.15) is 0 Å². The number of nitrogens with zero attached hydrogens (tertiary/aromatic N) is 1. The molecule has 0 spiro atoms. The second-order valence-corrected chi connectivity index (χ2v) is 6.36. The van der Waals surface area contributed by atoms with Crippen LogP contribution in [0.15, 0.2) is 0 Å². The predicted molar refractivity (Wildman–Crippen MR) is 54.1 cm³/mol. The van der Waals surface area contributed by atoms with Crippen molar-refractivity contribution in [3.63, 3.8) is 0 Å². The SMILES string of the molecule is CCS(=O)(=O)N(C)C1(C)CCCC1. The number of rotatable bonds is 3. The van der Waals surface area contributed by atoms with E-state index in [1.807, 2.05) is 6.92 Å². The largest absolute Gasteiger partial charge is 0.214 e. The maximum Gasteiger partial charge on any atom is 0.214 e. The van der Waals surface area contributed by atoms with Crippen molar-refractivity contribution in [2.75, 3.05) is 12.8 Å². The fourth-order valence-corrected chi connectivity index (χ4v) is 3.22. The van der Waals surface area contributed by atoms with E-state index in [1.54, 1.807) is 18.3 Å². The average Bonchev–Trinajstić information content (AvgIpc) is 2.52. The molecular formula is C9H19NO2S.